The van der Waals surface area contributed by atoms with Crippen molar-refractivity contribution >= 4 is 42.0 Å². The van der Waals surface area contributed by atoms with E-state index >= 15 is 0 Å². The molecule has 0 radical (unpaired) electrons. The first-order valence-electron chi connectivity index (χ1n) is 6.16. The Labute approximate surface area is 144 Å². The lowest BCUT2D eigenvalue weighted by molar-refractivity contribution is 0.327. The third-order valence-corrected chi connectivity index (χ3v) is 5.68. The second-order valence-corrected chi connectivity index (χ2v) is 7.31. The molecule has 0 atom stereocenters. The van der Waals surface area contributed by atoms with Crippen LogP contribution in [0.15, 0.2) is 50.2 Å². The van der Waals surface area contributed by atoms with Crippen LogP contribution in [0.2, 0.25) is 0 Å². The van der Waals surface area contributed by atoms with E-state index in [4.69, 9.17) is 8.92 Å². The quantitative estimate of drug-likeness (QED) is 0.624. The molecule has 2 aromatic rings. The van der Waals surface area contributed by atoms with Crippen LogP contribution >= 0.6 is 31.9 Å². The van der Waals surface area contributed by atoms with Crippen LogP contribution < -0.4 is 8.92 Å². The molecular weight excluding hydrogens is 443 g/mol. The van der Waals surface area contributed by atoms with Gasteiger partial charge in [-0.15, -0.1) is 0 Å². The first-order valence-corrected chi connectivity index (χ1v) is 9.15. The van der Waals surface area contributed by atoms with Crippen molar-refractivity contribution in [3.63, 3.8) is 0 Å². The van der Waals surface area contributed by atoms with Crippen molar-refractivity contribution in [1.29, 1.82) is 0 Å². The predicted molar refractivity (Wildman–Crippen MR) is 87.2 cm³/mol. The van der Waals surface area contributed by atoms with E-state index < -0.39 is 15.9 Å². The number of para-hydroxylation sites is 2. The van der Waals surface area contributed by atoms with Gasteiger partial charge in [-0.3, -0.25) is 0 Å². The predicted octanol–water partition coefficient (Wildman–Crippen LogP) is 4.52. The fourth-order valence-electron chi connectivity index (χ4n) is 1.72. The summed E-state index contributed by atoms with van der Waals surface area (Å²) in [7, 11) is -4.17. The van der Waals surface area contributed by atoms with Crippen LogP contribution in [0.25, 0.3) is 0 Å². The molecule has 2 rings (SSSR count). The number of halogens is 3. The summed E-state index contributed by atoms with van der Waals surface area (Å²) in [5.41, 5.74) is 0. The lowest BCUT2D eigenvalue weighted by Crippen LogP contribution is -2.12. The molecule has 22 heavy (non-hydrogen) atoms. The van der Waals surface area contributed by atoms with E-state index in [9.17, 15) is 12.8 Å². The van der Waals surface area contributed by atoms with E-state index in [1.54, 1.807) is 25.1 Å². The molecule has 0 amide bonds. The highest BCUT2D eigenvalue weighted by Gasteiger charge is 2.25. The van der Waals surface area contributed by atoms with Crippen LogP contribution in [0.3, 0.4) is 0 Å². The molecule has 0 aliphatic rings. The molecule has 0 heterocycles. The van der Waals surface area contributed by atoms with Gasteiger partial charge in [0, 0.05) is 8.95 Å². The van der Waals surface area contributed by atoms with Gasteiger partial charge in [0.05, 0.1) is 6.61 Å². The summed E-state index contributed by atoms with van der Waals surface area (Å²) in [6, 6.07) is 8.51. The zero-order chi connectivity index (χ0) is 16.3. The normalized spacial score (nSPS) is 11.3. The molecule has 118 valence electrons. The van der Waals surface area contributed by atoms with Crippen molar-refractivity contribution < 1.29 is 21.7 Å². The Morgan fingerprint density at radius 1 is 1.09 bits per heavy atom. The maximum atomic E-state index is 13.3. The van der Waals surface area contributed by atoms with Gasteiger partial charge in [0.1, 0.15) is 10.7 Å². The van der Waals surface area contributed by atoms with Gasteiger partial charge in [0.2, 0.25) is 0 Å². The molecular formula is C14H11Br2FO4S. The maximum Gasteiger partial charge on any atom is 0.341 e. The smallest absolute Gasteiger partial charge is 0.341 e. The third kappa shape index (κ3) is 3.80. The average molecular weight is 454 g/mol. The number of hydrogen-bond donors (Lipinski definition) is 0. The topological polar surface area (TPSA) is 52.6 Å². The molecule has 0 unspecified atom stereocenters. The summed E-state index contributed by atoms with van der Waals surface area (Å²) in [4.78, 5) is -0.194. The van der Waals surface area contributed by atoms with Crippen molar-refractivity contribution in [2.75, 3.05) is 6.61 Å². The lowest BCUT2D eigenvalue weighted by atomic mass is 10.3. The minimum atomic E-state index is -4.17. The van der Waals surface area contributed by atoms with Crippen molar-refractivity contribution in [2.45, 2.75) is 11.8 Å². The van der Waals surface area contributed by atoms with Gasteiger partial charge in [-0.25, -0.2) is 4.39 Å². The van der Waals surface area contributed by atoms with Gasteiger partial charge < -0.3 is 8.92 Å². The van der Waals surface area contributed by atoms with E-state index in [0.717, 1.165) is 12.1 Å². The maximum absolute atomic E-state index is 13.3. The molecule has 4 nitrogen and oxygen atoms in total. The molecule has 0 fully saturated rings. The number of ether oxygens (including phenoxy) is 1. The first-order chi connectivity index (χ1) is 10.3. The lowest BCUT2D eigenvalue weighted by Gasteiger charge is -2.13. The Balaban J connectivity index is 2.45. The Morgan fingerprint density at radius 3 is 2.18 bits per heavy atom. The molecule has 0 spiro atoms. The largest absolute Gasteiger partial charge is 0.490 e. The summed E-state index contributed by atoms with van der Waals surface area (Å²) in [5, 5.41) is 0. The van der Waals surface area contributed by atoms with E-state index in [1.807, 2.05) is 0 Å². The second-order valence-electron chi connectivity index (χ2n) is 4.12. The van der Waals surface area contributed by atoms with E-state index in [-0.39, 0.29) is 19.6 Å². The molecule has 0 saturated carbocycles. The third-order valence-electron chi connectivity index (χ3n) is 2.56. The minimum Gasteiger partial charge on any atom is -0.490 e. The van der Waals surface area contributed by atoms with Gasteiger partial charge in [0.15, 0.2) is 11.5 Å². The van der Waals surface area contributed by atoms with Crippen LogP contribution in [0.1, 0.15) is 6.92 Å². The Kier molecular flexibility index (Phi) is 5.46. The minimum absolute atomic E-state index is 0.0625. The van der Waals surface area contributed by atoms with Gasteiger partial charge in [-0.2, -0.15) is 8.42 Å². The SMILES string of the molecule is CCOc1ccccc1OS(=O)(=O)c1c(Br)cc(F)cc1Br. The van der Waals surface area contributed by atoms with Crippen LogP contribution in [0, 0.1) is 5.82 Å². The Hall–Kier alpha value is -1.12. The van der Waals surface area contributed by atoms with Crippen molar-refractivity contribution in [3.05, 3.63) is 51.2 Å². The summed E-state index contributed by atoms with van der Waals surface area (Å²) < 4.78 is 48.8. The average Bonchev–Trinajstić information content (AvgIpc) is 2.39. The van der Waals surface area contributed by atoms with Crippen LogP contribution in [0.4, 0.5) is 4.39 Å². The molecule has 8 heteroatoms. The van der Waals surface area contributed by atoms with Gasteiger partial charge in [0.25, 0.3) is 0 Å². The van der Waals surface area contributed by atoms with Crippen molar-refractivity contribution in [3.8, 4) is 11.5 Å². The number of hydrogen-bond acceptors (Lipinski definition) is 4. The summed E-state index contributed by atoms with van der Waals surface area (Å²) in [6.45, 7) is 2.14. The summed E-state index contributed by atoms with van der Waals surface area (Å²) in [6.07, 6.45) is 0. The molecule has 0 aliphatic heterocycles. The highest BCUT2D eigenvalue weighted by Crippen LogP contribution is 2.35. The zero-order valence-electron chi connectivity index (χ0n) is 11.3. The highest BCUT2D eigenvalue weighted by atomic mass is 79.9. The molecule has 0 aromatic heterocycles. The van der Waals surface area contributed by atoms with E-state index in [1.165, 1.54) is 6.07 Å². The van der Waals surface area contributed by atoms with Gasteiger partial charge >= 0.3 is 10.1 Å². The van der Waals surface area contributed by atoms with Gasteiger partial charge in [-0.05, 0) is 63.0 Å². The molecule has 0 aliphatic carbocycles. The fraction of sp³-hybridized carbons (Fsp3) is 0.143. The van der Waals surface area contributed by atoms with E-state index in [2.05, 4.69) is 31.9 Å². The molecule has 0 bridgehead atoms. The van der Waals surface area contributed by atoms with Crippen molar-refractivity contribution in [2.24, 2.45) is 0 Å². The molecule has 0 N–H and O–H groups in total. The first kappa shape index (κ1) is 17.2. The summed E-state index contributed by atoms with van der Waals surface area (Å²) >= 11 is 6.07. The standard InChI is InChI=1S/C14H11Br2FO4S/c1-2-20-12-5-3-4-6-13(12)21-22(18,19)14-10(15)7-9(17)8-11(14)16/h3-8H,2H2,1H3. The molecule has 0 saturated heterocycles. The highest BCUT2D eigenvalue weighted by molar-refractivity contribution is 9.11. The Bertz CT molecular complexity index is 770. The Morgan fingerprint density at radius 2 is 1.64 bits per heavy atom. The molecule has 2 aromatic carbocycles. The van der Waals surface area contributed by atoms with Crippen LogP contribution in [-0.4, -0.2) is 15.0 Å². The van der Waals surface area contributed by atoms with E-state index in [0.29, 0.717) is 12.4 Å². The van der Waals surface area contributed by atoms with Crippen LogP contribution in [0.5, 0.6) is 11.5 Å². The van der Waals surface area contributed by atoms with Crippen molar-refractivity contribution in [1.82, 2.24) is 0 Å². The number of rotatable bonds is 5. The fourth-order valence-corrected chi connectivity index (χ4v) is 5.09. The second kappa shape index (κ2) is 6.97. The van der Waals surface area contributed by atoms with Crippen LogP contribution in [-0.2, 0) is 10.1 Å². The monoisotopic (exact) mass is 452 g/mol. The summed E-state index contributed by atoms with van der Waals surface area (Å²) in [5.74, 6) is -0.206. The zero-order valence-corrected chi connectivity index (χ0v) is 15.3. The van der Waals surface area contributed by atoms with Gasteiger partial charge in [-0.1, -0.05) is 12.1 Å². The number of benzene rings is 2.